The second-order valence-corrected chi connectivity index (χ2v) is 8.43. The van der Waals surface area contributed by atoms with Crippen molar-refractivity contribution in [2.75, 3.05) is 26.2 Å². The molecular formula is C23H42NO6+. The Hall–Kier alpha value is -1.89. The third-order valence-electron chi connectivity index (χ3n) is 6.14. The summed E-state index contributed by atoms with van der Waals surface area (Å²) < 4.78 is 0.238. The maximum Gasteiger partial charge on any atom is 0.312 e. The number of hydrogen-bond donors (Lipinski definition) is 3. The number of rotatable bonds is 19. The van der Waals surface area contributed by atoms with Crippen molar-refractivity contribution in [3.63, 3.8) is 0 Å². The molecule has 0 aromatic carbocycles. The number of quaternary nitrogens is 1. The second-order valence-electron chi connectivity index (χ2n) is 8.43. The van der Waals surface area contributed by atoms with Gasteiger partial charge in [0, 0.05) is 0 Å². The maximum absolute atomic E-state index is 11.8. The van der Waals surface area contributed by atoms with Crippen LogP contribution in [0.25, 0.3) is 0 Å². The standard InChI is InChI=1S/C23H41NO6/c1-5-9-10-11-12-13-14-24(15-18(6-2)21(25)26,16-19(7-3)22(27)28)17-20(8-4)23(29)30/h5,18-20H,1,6-17H2,2-4H3,(H2-,25,26,27,28,29,30)/p+1. The molecule has 174 valence electrons. The lowest BCUT2D eigenvalue weighted by molar-refractivity contribution is -0.935. The van der Waals surface area contributed by atoms with Gasteiger partial charge in [0.15, 0.2) is 0 Å². The largest absolute Gasteiger partial charge is 0.481 e. The molecule has 0 aliphatic heterocycles. The summed E-state index contributed by atoms with van der Waals surface area (Å²) in [5, 5.41) is 29.0. The fourth-order valence-corrected chi connectivity index (χ4v) is 4.13. The molecule has 0 amide bonds. The number of hydrogen-bond acceptors (Lipinski definition) is 3. The van der Waals surface area contributed by atoms with Crippen LogP contribution in [0.5, 0.6) is 0 Å². The van der Waals surface area contributed by atoms with Crippen molar-refractivity contribution >= 4 is 17.9 Å². The third kappa shape index (κ3) is 10.2. The first kappa shape index (κ1) is 28.1. The minimum absolute atomic E-state index is 0.238. The zero-order valence-corrected chi connectivity index (χ0v) is 19.0. The number of nitrogens with zero attached hydrogens (tertiary/aromatic N) is 1. The number of allylic oxidation sites excluding steroid dienone is 1. The summed E-state index contributed by atoms with van der Waals surface area (Å²) in [6.45, 7) is 10.6. The van der Waals surface area contributed by atoms with Crippen molar-refractivity contribution in [3.8, 4) is 0 Å². The molecule has 0 saturated heterocycles. The molecular weight excluding hydrogens is 386 g/mol. The van der Waals surface area contributed by atoms with Crippen molar-refractivity contribution in [1.82, 2.24) is 0 Å². The van der Waals surface area contributed by atoms with Gasteiger partial charge in [-0.1, -0.05) is 33.3 Å². The van der Waals surface area contributed by atoms with Crippen molar-refractivity contribution in [3.05, 3.63) is 12.7 Å². The van der Waals surface area contributed by atoms with E-state index in [0.717, 1.165) is 32.1 Å². The predicted octanol–water partition coefficient (Wildman–Crippen LogP) is 4.27. The van der Waals surface area contributed by atoms with Crippen LogP contribution in [0.4, 0.5) is 0 Å². The van der Waals surface area contributed by atoms with E-state index in [-0.39, 0.29) is 24.1 Å². The molecule has 0 fully saturated rings. The highest BCUT2D eigenvalue weighted by atomic mass is 16.4. The fraction of sp³-hybridized carbons (Fsp3) is 0.783. The predicted molar refractivity (Wildman–Crippen MR) is 117 cm³/mol. The summed E-state index contributed by atoms with van der Waals surface area (Å²) >= 11 is 0. The van der Waals surface area contributed by atoms with Crippen LogP contribution in [0.1, 0.15) is 72.1 Å². The minimum Gasteiger partial charge on any atom is -0.481 e. The first-order valence-corrected chi connectivity index (χ1v) is 11.3. The Labute approximate surface area is 181 Å². The smallest absolute Gasteiger partial charge is 0.312 e. The average molecular weight is 429 g/mol. The number of carbonyl (C=O) groups is 3. The quantitative estimate of drug-likeness (QED) is 0.161. The molecule has 0 radical (unpaired) electrons. The van der Waals surface area contributed by atoms with E-state index in [0.29, 0.717) is 25.8 Å². The molecule has 0 bridgehead atoms. The minimum atomic E-state index is -0.905. The van der Waals surface area contributed by atoms with Crippen LogP contribution in [0.2, 0.25) is 0 Å². The number of carboxylic acid groups (broad SMARTS) is 3. The van der Waals surface area contributed by atoms with E-state index in [1.54, 1.807) is 0 Å². The number of aliphatic carboxylic acids is 3. The topological polar surface area (TPSA) is 112 Å². The lowest BCUT2D eigenvalue weighted by Crippen LogP contribution is -2.58. The van der Waals surface area contributed by atoms with Crippen molar-refractivity contribution in [2.45, 2.75) is 72.1 Å². The van der Waals surface area contributed by atoms with E-state index in [4.69, 9.17) is 0 Å². The summed E-state index contributed by atoms with van der Waals surface area (Å²) in [5.41, 5.74) is 0. The average Bonchev–Trinajstić information content (AvgIpc) is 2.70. The van der Waals surface area contributed by atoms with Crippen LogP contribution in [-0.4, -0.2) is 63.9 Å². The van der Waals surface area contributed by atoms with E-state index < -0.39 is 35.7 Å². The van der Waals surface area contributed by atoms with Crippen LogP contribution < -0.4 is 0 Å². The third-order valence-corrected chi connectivity index (χ3v) is 6.14. The van der Waals surface area contributed by atoms with Gasteiger partial charge in [0.25, 0.3) is 0 Å². The van der Waals surface area contributed by atoms with Gasteiger partial charge >= 0.3 is 17.9 Å². The Morgan fingerprint density at radius 1 is 0.733 bits per heavy atom. The van der Waals surface area contributed by atoms with Crippen molar-refractivity contribution < 1.29 is 34.2 Å². The highest BCUT2D eigenvalue weighted by Crippen LogP contribution is 2.25. The number of unbranched alkanes of at least 4 members (excludes halogenated alkanes) is 4. The maximum atomic E-state index is 11.8. The molecule has 7 heteroatoms. The lowest BCUT2D eigenvalue weighted by atomic mass is 9.95. The van der Waals surface area contributed by atoms with E-state index in [1.165, 1.54) is 0 Å². The van der Waals surface area contributed by atoms with Gasteiger partial charge in [-0.15, -0.1) is 6.58 Å². The van der Waals surface area contributed by atoms with Gasteiger partial charge in [-0.05, 0) is 44.9 Å². The van der Waals surface area contributed by atoms with Gasteiger partial charge in [0.1, 0.15) is 17.8 Å². The van der Waals surface area contributed by atoms with Gasteiger partial charge in [-0.3, -0.25) is 14.4 Å². The molecule has 0 heterocycles. The molecule has 0 aromatic rings. The molecule has 0 spiro atoms. The molecule has 0 aliphatic carbocycles. The second kappa shape index (κ2) is 15.0. The molecule has 0 rings (SSSR count). The Morgan fingerprint density at radius 3 is 1.40 bits per heavy atom. The Bertz CT molecular complexity index is 488. The molecule has 3 atom stereocenters. The van der Waals surface area contributed by atoms with Gasteiger partial charge in [0.05, 0.1) is 26.2 Å². The van der Waals surface area contributed by atoms with Crippen LogP contribution in [0, 0.1) is 17.8 Å². The van der Waals surface area contributed by atoms with Gasteiger partial charge < -0.3 is 19.8 Å². The van der Waals surface area contributed by atoms with E-state index in [9.17, 15) is 29.7 Å². The molecule has 0 saturated carbocycles. The Morgan fingerprint density at radius 2 is 1.10 bits per heavy atom. The van der Waals surface area contributed by atoms with Crippen LogP contribution >= 0.6 is 0 Å². The lowest BCUT2D eigenvalue weighted by Gasteiger charge is -2.43. The summed E-state index contributed by atoms with van der Waals surface area (Å²) in [6, 6.07) is 0. The van der Waals surface area contributed by atoms with Crippen molar-refractivity contribution in [1.29, 1.82) is 0 Å². The van der Waals surface area contributed by atoms with Gasteiger partial charge in [-0.25, -0.2) is 0 Å². The Balaban J connectivity index is 5.81. The Kier molecular flexibility index (Phi) is 14.0. The summed E-state index contributed by atoms with van der Waals surface area (Å²) in [7, 11) is 0. The first-order chi connectivity index (χ1) is 14.2. The molecule has 3 N–H and O–H groups in total. The van der Waals surface area contributed by atoms with E-state index in [2.05, 4.69) is 6.58 Å². The highest BCUT2D eigenvalue weighted by molar-refractivity contribution is 5.71. The molecule has 30 heavy (non-hydrogen) atoms. The van der Waals surface area contributed by atoms with Crippen LogP contribution in [0.15, 0.2) is 12.7 Å². The fourth-order valence-electron chi connectivity index (χ4n) is 4.13. The van der Waals surface area contributed by atoms with Crippen LogP contribution in [0.3, 0.4) is 0 Å². The highest BCUT2D eigenvalue weighted by Gasteiger charge is 2.40. The summed E-state index contributed by atoms with van der Waals surface area (Å²) in [6.07, 6.45) is 7.96. The molecule has 3 unspecified atom stereocenters. The SMILES string of the molecule is C=CCCCCCC[N+](CC(CC)C(=O)O)(CC(CC)C(=O)O)CC(CC)C(=O)O. The zero-order chi connectivity index (χ0) is 23.2. The molecule has 0 aromatic heterocycles. The molecule has 0 aliphatic rings. The normalized spacial score (nSPS) is 16.2. The van der Waals surface area contributed by atoms with Gasteiger partial charge in [0.2, 0.25) is 0 Å². The number of carboxylic acids is 3. The summed E-state index contributed by atoms with van der Waals surface area (Å²) in [4.78, 5) is 35.3. The van der Waals surface area contributed by atoms with Crippen LogP contribution in [-0.2, 0) is 14.4 Å². The van der Waals surface area contributed by atoms with Crippen molar-refractivity contribution in [2.24, 2.45) is 17.8 Å². The van der Waals surface area contributed by atoms with Gasteiger partial charge in [-0.2, -0.15) is 0 Å². The first-order valence-electron chi connectivity index (χ1n) is 11.3. The van der Waals surface area contributed by atoms with E-state index >= 15 is 0 Å². The van der Waals surface area contributed by atoms with E-state index in [1.807, 2.05) is 26.8 Å². The zero-order valence-electron chi connectivity index (χ0n) is 19.0. The molecule has 7 nitrogen and oxygen atoms in total. The monoisotopic (exact) mass is 428 g/mol. The summed E-state index contributed by atoms with van der Waals surface area (Å²) in [5.74, 6) is -4.58.